The third-order valence-corrected chi connectivity index (χ3v) is 3.72. The predicted octanol–water partition coefficient (Wildman–Crippen LogP) is 2.36. The number of nitro benzene ring substituents is 1. The van der Waals surface area contributed by atoms with E-state index in [9.17, 15) is 14.9 Å². The number of hydrogen-bond donors (Lipinski definition) is 2. The summed E-state index contributed by atoms with van der Waals surface area (Å²) in [6, 6.07) is 5.44. The number of hydrogen-bond acceptors (Lipinski definition) is 6. The van der Waals surface area contributed by atoms with Crippen LogP contribution < -0.4 is 10.6 Å². The molecule has 126 valence electrons. The molecule has 1 aliphatic rings. The number of carbonyl (C=O) groups excluding carboxylic acids is 1. The van der Waals surface area contributed by atoms with Crippen LogP contribution in [-0.4, -0.2) is 30.1 Å². The normalized spacial score (nSPS) is 17.2. The van der Waals surface area contributed by atoms with E-state index in [-0.39, 0.29) is 28.1 Å². The van der Waals surface area contributed by atoms with Crippen LogP contribution in [0.25, 0.3) is 0 Å². The van der Waals surface area contributed by atoms with E-state index in [1.165, 1.54) is 18.3 Å². The van der Waals surface area contributed by atoms with Gasteiger partial charge in [0.15, 0.2) is 0 Å². The lowest BCUT2D eigenvalue weighted by molar-refractivity contribution is -0.384. The molecule has 24 heavy (non-hydrogen) atoms. The highest BCUT2D eigenvalue weighted by molar-refractivity contribution is 6.34. The minimum absolute atomic E-state index is 0.0653. The molecule has 1 aromatic rings. The highest BCUT2D eigenvalue weighted by Crippen LogP contribution is 2.27. The smallest absolute Gasteiger partial charge is 0.271 e. The second-order valence-electron chi connectivity index (χ2n) is 5.09. The molecule has 1 aromatic carbocycles. The summed E-state index contributed by atoms with van der Waals surface area (Å²) in [6.45, 7) is 1.21. The third kappa shape index (κ3) is 4.68. The summed E-state index contributed by atoms with van der Waals surface area (Å²) >= 11 is 5.91. The molecule has 1 unspecified atom stereocenters. The summed E-state index contributed by atoms with van der Waals surface area (Å²) in [5.41, 5.74) is -0.319. The fourth-order valence-corrected chi connectivity index (χ4v) is 2.32. The molecule has 1 atom stereocenters. The Labute approximate surface area is 143 Å². The van der Waals surface area contributed by atoms with Crippen LogP contribution in [0, 0.1) is 21.4 Å². The molecule has 0 spiro atoms. The van der Waals surface area contributed by atoms with Crippen molar-refractivity contribution in [3.8, 4) is 6.07 Å². The number of halogens is 1. The third-order valence-electron chi connectivity index (χ3n) is 3.39. The number of nitro groups is 1. The molecule has 1 fully saturated rings. The van der Waals surface area contributed by atoms with Gasteiger partial charge in [0, 0.05) is 31.5 Å². The Hall–Kier alpha value is -2.63. The summed E-state index contributed by atoms with van der Waals surface area (Å²) in [4.78, 5) is 22.3. The van der Waals surface area contributed by atoms with Crippen molar-refractivity contribution >= 4 is 28.9 Å². The highest BCUT2D eigenvalue weighted by Gasteiger charge is 2.16. The summed E-state index contributed by atoms with van der Waals surface area (Å²) in [5.74, 6) is -0.709. The van der Waals surface area contributed by atoms with Crippen molar-refractivity contribution in [3.63, 3.8) is 0 Å². The summed E-state index contributed by atoms with van der Waals surface area (Å²) in [7, 11) is 0. The molecule has 0 aliphatic carbocycles. The number of carbonyl (C=O) groups is 1. The van der Waals surface area contributed by atoms with E-state index in [2.05, 4.69) is 10.6 Å². The van der Waals surface area contributed by atoms with Crippen molar-refractivity contribution in [2.75, 3.05) is 18.5 Å². The molecule has 0 saturated carbocycles. The first-order chi connectivity index (χ1) is 11.5. The van der Waals surface area contributed by atoms with Crippen LogP contribution in [-0.2, 0) is 9.53 Å². The van der Waals surface area contributed by atoms with Crippen LogP contribution in [0.5, 0.6) is 0 Å². The van der Waals surface area contributed by atoms with Crippen LogP contribution in [0.2, 0.25) is 5.02 Å². The molecule has 1 heterocycles. The number of ether oxygens (including phenoxy) is 1. The maximum absolute atomic E-state index is 12.1. The van der Waals surface area contributed by atoms with E-state index < -0.39 is 10.8 Å². The summed E-state index contributed by atoms with van der Waals surface area (Å²) in [5, 5.41) is 25.3. The molecule has 1 aliphatic heterocycles. The minimum atomic E-state index is -0.709. The van der Waals surface area contributed by atoms with E-state index >= 15 is 0 Å². The van der Waals surface area contributed by atoms with Crippen molar-refractivity contribution in [3.05, 3.63) is 45.1 Å². The molecular weight excluding hydrogens is 336 g/mol. The van der Waals surface area contributed by atoms with Crippen LogP contribution in [0.1, 0.15) is 12.8 Å². The Kier molecular flexibility index (Phi) is 6.12. The lowest BCUT2D eigenvalue weighted by Gasteiger charge is -2.09. The van der Waals surface area contributed by atoms with Gasteiger partial charge < -0.3 is 15.4 Å². The first kappa shape index (κ1) is 17.7. The molecule has 1 saturated heterocycles. The topological polar surface area (TPSA) is 117 Å². The van der Waals surface area contributed by atoms with Gasteiger partial charge >= 0.3 is 0 Å². The Balaban J connectivity index is 2.02. The van der Waals surface area contributed by atoms with E-state index in [4.69, 9.17) is 21.6 Å². The average Bonchev–Trinajstić information content (AvgIpc) is 3.06. The fourth-order valence-electron chi connectivity index (χ4n) is 2.16. The van der Waals surface area contributed by atoms with Crippen LogP contribution in [0.15, 0.2) is 30.0 Å². The van der Waals surface area contributed by atoms with Gasteiger partial charge in [0.1, 0.15) is 11.6 Å². The zero-order valence-corrected chi connectivity index (χ0v) is 13.4. The number of anilines is 1. The van der Waals surface area contributed by atoms with Crippen molar-refractivity contribution in [2.24, 2.45) is 0 Å². The Morgan fingerprint density at radius 3 is 3.00 bits per heavy atom. The average molecular weight is 351 g/mol. The second kappa shape index (κ2) is 8.29. The van der Waals surface area contributed by atoms with Gasteiger partial charge in [-0.3, -0.25) is 14.9 Å². The number of nitrogens with zero attached hydrogens (tertiary/aromatic N) is 2. The highest BCUT2D eigenvalue weighted by atomic mass is 35.5. The largest absolute Gasteiger partial charge is 0.387 e. The molecule has 8 nitrogen and oxygen atoms in total. The Morgan fingerprint density at radius 1 is 1.58 bits per heavy atom. The summed E-state index contributed by atoms with van der Waals surface area (Å²) in [6.07, 6.45) is 3.28. The maximum atomic E-state index is 12.1. The van der Waals surface area contributed by atoms with E-state index in [0.717, 1.165) is 18.9 Å². The van der Waals surface area contributed by atoms with Crippen molar-refractivity contribution in [1.29, 1.82) is 5.26 Å². The van der Waals surface area contributed by atoms with E-state index in [0.29, 0.717) is 13.2 Å². The van der Waals surface area contributed by atoms with Gasteiger partial charge in [-0.2, -0.15) is 5.26 Å². The SMILES string of the molecule is N#C/C(=C/NCC1CCCO1)C(=O)Nc1cc([N+](=O)[O-])ccc1Cl. The first-order valence-electron chi connectivity index (χ1n) is 7.22. The second-order valence-corrected chi connectivity index (χ2v) is 5.50. The molecular formula is C15H15ClN4O4. The zero-order valence-electron chi connectivity index (χ0n) is 12.6. The zero-order chi connectivity index (χ0) is 17.5. The van der Waals surface area contributed by atoms with Crippen molar-refractivity contribution in [1.82, 2.24) is 5.32 Å². The van der Waals surface area contributed by atoms with Gasteiger partial charge in [0.05, 0.1) is 21.7 Å². The monoisotopic (exact) mass is 350 g/mol. The van der Waals surface area contributed by atoms with Crippen LogP contribution in [0.3, 0.4) is 0 Å². The standard InChI is InChI=1S/C15H15ClN4O4/c16-13-4-3-11(20(22)23)6-14(13)19-15(21)10(7-17)8-18-9-12-2-1-5-24-12/h3-4,6,8,12,18H,1-2,5,9H2,(H,19,21)/b10-8-. The van der Waals surface area contributed by atoms with Gasteiger partial charge in [-0.15, -0.1) is 0 Å². The number of nitrogens with one attached hydrogen (secondary N) is 2. The molecule has 2 N–H and O–H groups in total. The van der Waals surface area contributed by atoms with E-state index in [1.807, 2.05) is 0 Å². The summed E-state index contributed by atoms with van der Waals surface area (Å²) < 4.78 is 5.42. The van der Waals surface area contributed by atoms with Crippen LogP contribution in [0.4, 0.5) is 11.4 Å². The molecule has 0 bridgehead atoms. The maximum Gasteiger partial charge on any atom is 0.271 e. The number of benzene rings is 1. The first-order valence-corrected chi connectivity index (χ1v) is 7.59. The lowest BCUT2D eigenvalue weighted by Crippen LogP contribution is -2.24. The van der Waals surface area contributed by atoms with Gasteiger partial charge in [0.2, 0.25) is 0 Å². The van der Waals surface area contributed by atoms with Gasteiger partial charge in [-0.1, -0.05) is 11.6 Å². The number of amides is 1. The van der Waals surface area contributed by atoms with Crippen molar-refractivity contribution in [2.45, 2.75) is 18.9 Å². The minimum Gasteiger partial charge on any atom is -0.387 e. The number of nitriles is 1. The number of non-ortho nitro benzene ring substituents is 1. The van der Waals surface area contributed by atoms with E-state index in [1.54, 1.807) is 6.07 Å². The van der Waals surface area contributed by atoms with Gasteiger partial charge in [-0.05, 0) is 18.9 Å². The molecule has 1 amide bonds. The predicted molar refractivity (Wildman–Crippen MR) is 87.4 cm³/mol. The lowest BCUT2D eigenvalue weighted by atomic mass is 10.2. The van der Waals surface area contributed by atoms with Crippen molar-refractivity contribution < 1.29 is 14.5 Å². The fraction of sp³-hybridized carbons (Fsp3) is 0.333. The Bertz CT molecular complexity index is 708. The number of rotatable bonds is 6. The molecule has 9 heteroatoms. The quantitative estimate of drug-likeness (QED) is 0.352. The molecule has 0 aromatic heterocycles. The molecule has 0 radical (unpaired) electrons. The molecule has 2 rings (SSSR count). The van der Waals surface area contributed by atoms with Gasteiger partial charge in [-0.25, -0.2) is 0 Å². The van der Waals surface area contributed by atoms with Crippen LogP contribution >= 0.6 is 11.6 Å². The van der Waals surface area contributed by atoms with Gasteiger partial charge in [0.25, 0.3) is 11.6 Å². The Morgan fingerprint density at radius 2 is 2.38 bits per heavy atom.